The third kappa shape index (κ3) is 17.9. The van der Waals surface area contributed by atoms with Crippen LogP contribution in [0.3, 0.4) is 0 Å². The molecule has 0 heteroatoms. The molecule has 0 spiro atoms. The summed E-state index contributed by atoms with van der Waals surface area (Å²) >= 11 is 0. The second kappa shape index (κ2) is 31.4. The predicted molar refractivity (Wildman–Crippen MR) is 232 cm³/mol. The molecule has 0 N–H and O–H groups in total. The van der Waals surface area contributed by atoms with Crippen LogP contribution in [-0.2, 0) is 0 Å². The Morgan fingerprint density at radius 1 is 0.360 bits per heavy atom. The first-order chi connectivity index (χ1) is 24.3. The number of rotatable bonds is 2. The van der Waals surface area contributed by atoms with Crippen LogP contribution in [0.2, 0.25) is 0 Å². The Bertz CT molecular complexity index is 665. The van der Waals surface area contributed by atoms with Gasteiger partial charge in [0.05, 0.1) is 0 Å². The van der Waals surface area contributed by atoms with Crippen molar-refractivity contribution < 1.29 is 0 Å². The predicted octanol–water partition coefficient (Wildman–Crippen LogP) is 18.3. The Kier molecular flexibility index (Phi) is 31.4. The van der Waals surface area contributed by atoms with E-state index in [-0.39, 0.29) is 0 Å². The van der Waals surface area contributed by atoms with E-state index >= 15 is 0 Å². The van der Waals surface area contributed by atoms with Crippen LogP contribution in [0.25, 0.3) is 0 Å². The maximum atomic E-state index is 2.67. The third-order valence-corrected chi connectivity index (χ3v) is 14.8. The zero-order valence-corrected chi connectivity index (χ0v) is 37.8. The molecule has 0 nitrogen and oxygen atoms in total. The SMILES string of the molecule is CC.CC.CC.CC1(C2CCCCC2)[C@@H]2CCC[C@@H]1CC2.CC1CCCCC1.CC1CCCC[C@@H]1C.CCCC.C[C@@H]1CC[C@@H]2CCCC[C@@H]21. The quantitative estimate of drug-likeness (QED) is 0.269. The first kappa shape index (κ1) is 50.0. The van der Waals surface area contributed by atoms with Crippen LogP contribution < -0.4 is 0 Å². The molecule has 0 aliphatic heterocycles. The lowest BCUT2D eigenvalue weighted by Gasteiger charge is -2.48. The second-order valence-corrected chi connectivity index (χ2v) is 17.8. The van der Waals surface area contributed by atoms with Crippen LogP contribution >= 0.6 is 0 Å². The van der Waals surface area contributed by atoms with Gasteiger partial charge < -0.3 is 0 Å². The standard InChI is InChI=1S/C15H26.C10H18.C8H16.C7H14.C4H10.3C2H6/c1-15(12-6-3-2-4-7-12)13-8-5-9-14(15)11-10-13;1-8-6-7-9-4-2-3-5-10(8)9;1-7-5-3-4-6-8(7)2;1-7-5-3-2-4-6-7;1-3-4-2;3*1-2/h12-14H,2-11H2,1H3;8-10H,2-7H2,1H3;7-8H,3-6H2,1-2H3;7H,2-6H2,1H3;3-4H2,1-2H3;3*1-2H3/t13-,14-;8-,9+,10-;7-,8?;;;;;/m110...../s1. The summed E-state index contributed by atoms with van der Waals surface area (Å²) in [5.74, 6) is 9.70. The minimum absolute atomic E-state index is 0.776. The van der Waals surface area contributed by atoms with Gasteiger partial charge in [0, 0.05) is 0 Å². The van der Waals surface area contributed by atoms with Crippen molar-refractivity contribution in [3.63, 3.8) is 0 Å². The Morgan fingerprint density at radius 3 is 1.14 bits per heavy atom. The lowest BCUT2D eigenvalue weighted by molar-refractivity contribution is 0.0110. The van der Waals surface area contributed by atoms with Gasteiger partial charge in [0.25, 0.3) is 0 Å². The van der Waals surface area contributed by atoms with Gasteiger partial charge in [-0.25, -0.2) is 0 Å². The van der Waals surface area contributed by atoms with Gasteiger partial charge in [-0.15, -0.1) is 0 Å². The first-order valence-electron chi connectivity index (χ1n) is 24.3. The van der Waals surface area contributed by atoms with Gasteiger partial charge in [0.15, 0.2) is 0 Å². The van der Waals surface area contributed by atoms with Gasteiger partial charge in [-0.05, 0) is 110 Å². The molecule has 0 aromatic heterocycles. The van der Waals surface area contributed by atoms with Crippen molar-refractivity contribution in [1.82, 2.24) is 0 Å². The first-order valence-corrected chi connectivity index (χ1v) is 24.3. The highest BCUT2D eigenvalue weighted by Gasteiger charge is 2.52. The molecule has 7 aliphatic rings. The van der Waals surface area contributed by atoms with Crippen LogP contribution in [0.5, 0.6) is 0 Å². The number of unbranched alkanes of at least 4 members (excludes halogenated alkanes) is 1. The van der Waals surface area contributed by atoms with Gasteiger partial charge in [-0.2, -0.15) is 0 Å². The Morgan fingerprint density at radius 2 is 0.740 bits per heavy atom. The van der Waals surface area contributed by atoms with Crippen LogP contribution in [0.1, 0.15) is 263 Å². The number of hydrogen-bond donors (Lipinski definition) is 0. The molecule has 2 bridgehead atoms. The lowest BCUT2D eigenvalue weighted by Crippen LogP contribution is -2.40. The van der Waals surface area contributed by atoms with E-state index in [1.807, 2.05) is 41.5 Å². The molecule has 7 saturated carbocycles. The smallest absolute Gasteiger partial charge is 0.0241 e. The minimum atomic E-state index is 0.776. The van der Waals surface area contributed by atoms with Crippen molar-refractivity contribution in [3.05, 3.63) is 0 Å². The molecule has 50 heavy (non-hydrogen) atoms. The van der Waals surface area contributed by atoms with Crippen LogP contribution in [-0.4, -0.2) is 0 Å². The summed E-state index contributed by atoms with van der Waals surface area (Å²) in [7, 11) is 0. The third-order valence-electron chi connectivity index (χ3n) is 14.8. The molecule has 0 amide bonds. The van der Waals surface area contributed by atoms with Crippen molar-refractivity contribution in [2.75, 3.05) is 0 Å². The van der Waals surface area contributed by atoms with Gasteiger partial charge in [-0.1, -0.05) is 212 Å². The summed E-state index contributed by atoms with van der Waals surface area (Å²) in [6, 6.07) is 0. The average Bonchev–Trinajstić information content (AvgIpc) is 3.60. The summed E-state index contributed by atoms with van der Waals surface area (Å²) in [5.41, 5.74) is 0.776. The van der Waals surface area contributed by atoms with Gasteiger partial charge in [0.2, 0.25) is 0 Å². The molecule has 7 atom stereocenters. The largest absolute Gasteiger partial charge is 0.0683 e. The lowest BCUT2D eigenvalue weighted by atomic mass is 9.57. The number of fused-ring (bicyclic) bond motifs is 3. The van der Waals surface area contributed by atoms with Crippen molar-refractivity contribution in [2.45, 2.75) is 263 Å². The molecule has 0 aromatic rings. The molecule has 0 heterocycles. The zero-order valence-electron chi connectivity index (χ0n) is 37.8. The van der Waals surface area contributed by atoms with Crippen molar-refractivity contribution in [3.8, 4) is 0 Å². The summed E-state index contributed by atoms with van der Waals surface area (Å²) < 4.78 is 0. The van der Waals surface area contributed by atoms with Crippen LogP contribution in [0.4, 0.5) is 0 Å². The summed E-state index contributed by atoms with van der Waals surface area (Å²) in [6.07, 6.45) is 40.7. The highest BCUT2D eigenvalue weighted by atomic mass is 14.6. The van der Waals surface area contributed by atoms with Crippen LogP contribution in [0, 0.1) is 58.7 Å². The maximum absolute atomic E-state index is 2.67. The average molecular weight is 703 g/mol. The fourth-order valence-corrected chi connectivity index (χ4v) is 11.1. The number of hydrogen-bond acceptors (Lipinski definition) is 0. The van der Waals surface area contributed by atoms with E-state index in [1.54, 1.807) is 57.8 Å². The van der Waals surface area contributed by atoms with Crippen molar-refractivity contribution >= 4 is 0 Å². The van der Waals surface area contributed by atoms with Crippen LogP contribution in [0.15, 0.2) is 0 Å². The summed E-state index contributed by atoms with van der Waals surface area (Å²) in [5, 5.41) is 0. The van der Waals surface area contributed by atoms with Crippen molar-refractivity contribution in [1.29, 1.82) is 0 Å². The van der Waals surface area contributed by atoms with E-state index in [2.05, 4.69) is 48.5 Å². The molecule has 1 unspecified atom stereocenters. The van der Waals surface area contributed by atoms with E-state index in [0.29, 0.717) is 0 Å². The zero-order chi connectivity index (χ0) is 37.8. The molecule has 0 saturated heterocycles. The highest BCUT2D eigenvalue weighted by molar-refractivity contribution is 5.01. The molecular weight excluding hydrogens is 601 g/mol. The molecule has 0 radical (unpaired) electrons. The second-order valence-electron chi connectivity index (χ2n) is 17.8. The Hall–Kier alpha value is 0. The van der Waals surface area contributed by atoms with Crippen molar-refractivity contribution in [2.24, 2.45) is 58.7 Å². The fraction of sp³-hybridized carbons (Fsp3) is 1.00. The van der Waals surface area contributed by atoms with E-state index in [1.165, 1.54) is 116 Å². The fourth-order valence-electron chi connectivity index (χ4n) is 11.1. The molecule has 7 aliphatic carbocycles. The topological polar surface area (TPSA) is 0 Å². The highest BCUT2D eigenvalue weighted by Crippen LogP contribution is 2.61. The minimum Gasteiger partial charge on any atom is -0.0683 e. The molecular formula is C50H102. The Labute approximate surface area is 321 Å². The molecule has 0 aromatic carbocycles. The van der Waals surface area contributed by atoms with E-state index in [4.69, 9.17) is 0 Å². The summed E-state index contributed by atoms with van der Waals surface area (Å²) in [4.78, 5) is 0. The van der Waals surface area contributed by atoms with Gasteiger partial charge in [-0.3, -0.25) is 0 Å². The Balaban J connectivity index is 0.000000608. The van der Waals surface area contributed by atoms with Gasteiger partial charge in [0.1, 0.15) is 0 Å². The molecule has 302 valence electrons. The normalized spacial score (nSPS) is 34.4. The van der Waals surface area contributed by atoms with E-state index < -0.39 is 0 Å². The monoisotopic (exact) mass is 703 g/mol. The maximum Gasteiger partial charge on any atom is -0.0241 e. The summed E-state index contributed by atoms with van der Waals surface area (Å²) in [6.45, 7) is 28.6. The van der Waals surface area contributed by atoms with E-state index in [9.17, 15) is 0 Å². The van der Waals surface area contributed by atoms with E-state index in [0.717, 1.165) is 58.7 Å². The molecule has 7 fully saturated rings. The van der Waals surface area contributed by atoms with Gasteiger partial charge >= 0.3 is 0 Å². The molecule has 7 rings (SSSR count).